The minimum absolute atomic E-state index is 0.144. The van der Waals surface area contributed by atoms with Crippen molar-refractivity contribution in [3.63, 3.8) is 0 Å². The van der Waals surface area contributed by atoms with Crippen LogP contribution in [0.15, 0.2) is 67.8 Å². The van der Waals surface area contributed by atoms with E-state index in [4.69, 9.17) is 21.1 Å². The molecular formula is C36H44ClN3O6. The van der Waals surface area contributed by atoms with Crippen LogP contribution < -0.4 is 14.5 Å². The first-order valence-corrected chi connectivity index (χ1v) is 16.4. The van der Waals surface area contributed by atoms with Crippen LogP contribution >= 0.6 is 11.6 Å². The highest BCUT2D eigenvalue weighted by Crippen LogP contribution is 2.60. The Morgan fingerprint density at radius 2 is 1.80 bits per heavy atom. The van der Waals surface area contributed by atoms with Crippen LogP contribution in [0.25, 0.3) is 0 Å². The molecule has 2 aromatic rings. The molecule has 46 heavy (non-hydrogen) atoms. The summed E-state index contributed by atoms with van der Waals surface area (Å²) in [6.07, 6.45) is 3.66. The maximum Gasteiger partial charge on any atom is 0.253 e. The number of para-hydroxylation sites is 1. The van der Waals surface area contributed by atoms with Gasteiger partial charge in [-0.1, -0.05) is 49.7 Å². The second-order valence-corrected chi connectivity index (χ2v) is 13.0. The molecule has 0 aromatic heterocycles. The van der Waals surface area contributed by atoms with Crippen LogP contribution in [-0.4, -0.2) is 77.8 Å². The number of halogens is 1. The molecule has 0 saturated carbocycles. The van der Waals surface area contributed by atoms with Gasteiger partial charge in [-0.05, 0) is 68.5 Å². The lowest BCUT2D eigenvalue weighted by molar-refractivity contribution is -0.145. The van der Waals surface area contributed by atoms with Gasteiger partial charge in [-0.25, -0.2) is 0 Å². The monoisotopic (exact) mass is 649 g/mol. The molecule has 3 heterocycles. The molecular weight excluding hydrogens is 606 g/mol. The lowest BCUT2D eigenvalue weighted by atomic mass is 9.70. The van der Waals surface area contributed by atoms with E-state index in [2.05, 4.69) is 13.2 Å². The number of anilines is 2. The third-order valence-corrected chi connectivity index (χ3v) is 9.95. The van der Waals surface area contributed by atoms with E-state index in [-0.39, 0.29) is 43.3 Å². The van der Waals surface area contributed by atoms with Crippen molar-refractivity contribution in [2.24, 2.45) is 17.8 Å². The van der Waals surface area contributed by atoms with Crippen molar-refractivity contribution < 1.29 is 29.0 Å². The van der Waals surface area contributed by atoms with E-state index in [1.807, 2.05) is 52.0 Å². The number of likely N-dealkylation sites (tertiary alicyclic amines) is 1. The normalized spacial score (nSPS) is 25.4. The Bertz CT molecular complexity index is 1470. The number of aliphatic hydroxyl groups excluding tert-OH is 1. The van der Waals surface area contributed by atoms with Gasteiger partial charge in [0.15, 0.2) is 0 Å². The van der Waals surface area contributed by atoms with Crippen LogP contribution in [0.3, 0.4) is 0 Å². The van der Waals surface area contributed by atoms with Crippen molar-refractivity contribution in [1.29, 1.82) is 0 Å². The number of aliphatic hydroxyl groups is 1. The fourth-order valence-corrected chi connectivity index (χ4v) is 8.01. The standard InChI is InChI=1S/C36H44ClN3O6/c1-7-19-38(24-13-15-25(16-14-24)45-9-3)33(42)29-28-17-18-36(46-28)30(29)34(43)40(27(21-41)22(4)5)32(36)35(44)39(20-8-2)31-23(6)11-10-12-26(31)37/h7-8,10-16,22,27-30,32,41H,1-2,9,17-21H2,3-6H3/t27-,28+,29-,30-,32?,36?/m0/s1. The summed E-state index contributed by atoms with van der Waals surface area (Å²) in [5, 5.41) is 11.0. The van der Waals surface area contributed by atoms with Crippen molar-refractivity contribution in [2.45, 2.75) is 64.3 Å². The number of hydrogen-bond acceptors (Lipinski definition) is 6. The second kappa shape index (κ2) is 13.6. The molecule has 2 unspecified atom stereocenters. The molecule has 1 spiro atoms. The smallest absolute Gasteiger partial charge is 0.253 e. The molecule has 3 amide bonds. The number of amides is 3. The second-order valence-electron chi connectivity index (χ2n) is 12.6. The minimum Gasteiger partial charge on any atom is -0.494 e. The molecule has 2 aromatic carbocycles. The van der Waals surface area contributed by atoms with E-state index >= 15 is 0 Å². The van der Waals surface area contributed by atoms with E-state index in [9.17, 15) is 19.5 Å². The summed E-state index contributed by atoms with van der Waals surface area (Å²) in [7, 11) is 0. The largest absolute Gasteiger partial charge is 0.494 e. The lowest BCUT2D eigenvalue weighted by Gasteiger charge is -2.40. The Balaban J connectivity index is 1.60. The topological polar surface area (TPSA) is 99.6 Å². The van der Waals surface area contributed by atoms with Gasteiger partial charge in [-0.3, -0.25) is 14.4 Å². The summed E-state index contributed by atoms with van der Waals surface area (Å²) < 4.78 is 12.3. The Morgan fingerprint density at radius 1 is 1.13 bits per heavy atom. The predicted molar refractivity (Wildman–Crippen MR) is 179 cm³/mol. The Labute approximate surface area is 276 Å². The predicted octanol–water partition coefficient (Wildman–Crippen LogP) is 5.18. The van der Waals surface area contributed by atoms with Crippen molar-refractivity contribution in [2.75, 3.05) is 36.1 Å². The van der Waals surface area contributed by atoms with Crippen LogP contribution in [-0.2, 0) is 19.1 Å². The van der Waals surface area contributed by atoms with Gasteiger partial charge in [0.2, 0.25) is 11.8 Å². The van der Waals surface area contributed by atoms with E-state index < -0.39 is 35.6 Å². The molecule has 3 fully saturated rings. The molecule has 0 radical (unpaired) electrons. The number of carbonyl (C=O) groups is 3. The first kappa shape index (κ1) is 33.7. The van der Waals surface area contributed by atoms with E-state index in [1.165, 1.54) is 4.90 Å². The fraction of sp³-hybridized carbons (Fsp3) is 0.472. The zero-order valence-corrected chi connectivity index (χ0v) is 27.8. The van der Waals surface area contributed by atoms with Crippen molar-refractivity contribution in [3.8, 4) is 5.75 Å². The first-order valence-electron chi connectivity index (χ1n) is 16.0. The van der Waals surface area contributed by atoms with Gasteiger partial charge < -0.3 is 29.3 Å². The first-order chi connectivity index (χ1) is 22.1. The maximum absolute atomic E-state index is 14.9. The summed E-state index contributed by atoms with van der Waals surface area (Å²) in [6, 6.07) is 10.9. The van der Waals surface area contributed by atoms with E-state index in [0.29, 0.717) is 41.6 Å². The minimum atomic E-state index is -1.26. The van der Waals surface area contributed by atoms with E-state index in [0.717, 1.165) is 5.56 Å². The zero-order chi connectivity index (χ0) is 33.3. The molecule has 3 aliphatic heterocycles. The van der Waals surface area contributed by atoms with Crippen LogP contribution in [0.4, 0.5) is 11.4 Å². The molecule has 5 rings (SSSR count). The van der Waals surface area contributed by atoms with Gasteiger partial charge >= 0.3 is 0 Å². The highest BCUT2D eigenvalue weighted by atomic mass is 35.5. The molecule has 10 heteroatoms. The number of carbonyl (C=O) groups excluding carboxylic acids is 3. The molecule has 1 N–H and O–H groups in total. The van der Waals surface area contributed by atoms with Crippen molar-refractivity contribution in [3.05, 3.63) is 78.4 Å². The van der Waals surface area contributed by atoms with Gasteiger partial charge in [-0.2, -0.15) is 0 Å². The zero-order valence-electron chi connectivity index (χ0n) is 27.0. The van der Waals surface area contributed by atoms with Gasteiger partial charge in [0, 0.05) is 18.8 Å². The third-order valence-electron chi connectivity index (χ3n) is 9.64. The van der Waals surface area contributed by atoms with Crippen LogP contribution in [0.2, 0.25) is 5.02 Å². The summed E-state index contributed by atoms with van der Waals surface area (Å²) in [5.41, 5.74) is 0.700. The molecule has 2 bridgehead atoms. The van der Waals surface area contributed by atoms with Gasteiger partial charge in [0.25, 0.3) is 5.91 Å². The van der Waals surface area contributed by atoms with Gasteiger partial charge in [-0.15, -0.1) is 13.2 Å². The number of benzene rings is 2. The molecule has 9 nitrogen and oxygen atoms in total. The van der Waals surface area contributed by atoms with E-state index in [1.54, 1.807) is 40.2 Å². The van der Waals surface area contributed by atoms with Crippen molar-refractivity contribution in [1.82, 2.24) is 4.90 Å². The molecule has 3 aliphatic rings. The Morgan fingerprint density at radius 3 is 2.39 bits per heavy atom. The highest BCUT2D eigenvalue weighted by Gasteiger charge is 2.75. The van der Waals surface area contributed by atoms with Gasteiger partial charge in [0.05, 0.1) is 47.9 Å². The third kappa shape index (κ3) is 5.52. The molecule has 246 valence electrons. The number of nitrogens with zero attached hydrogens (tertiary/aromatic N) is 3. The number of rotatable bonds is 13. The Kier molecular flexibility index (Phi) is 9.96. The average Bonchev–Trinajstić information content (AvgIpc) is 3.67. The highest BCUT2D eigenvalue weighted by molar-refractivity contribution is 6.34. The lowest BCUT2D eigenvalue weighted by Crippen LogP contribution is -2.60. The average molecular weight is 650 g/mol. The number of fused-ring (bicyclic) bond motifs is 1. The summed E-state index contributed by atoms with van der Waals surface area (Å²) in [4.78, 5) is 48.8. The maximum atomic E-state index is 14.9. The van der Waals surface area contributed by atoms with Crippen molar-refractivity contribution >= 4 is 40.7 Å². The summed E-state index contributed by atoms with van der Waals surface area (Å²) in [5.74, 6) is -2.23. The van der Waals surface area contributed by atoms with Crippen LogP contribution in [0.5, 0.6) is 5.75 Å². The summed E-state index contributed by atoms with van der Waals surface area (Å²) in [6.45, 7) is 15.9. The molecule has 6 atom stereocenters. The molecule has 3 saturated heterocycles. The molecule has 0 aliphatic carbocycles. The number of hydrogen-bond donors (Lipinski definition) is 1. The number of ether oxygens (including phenoxy) is 2. The number of aryl methyl sites for hydroxylation is 1. The summed E-state index contributed by atoms with van der Waals surface area (Å²) >= 11 is 6.67. The Hall–Kier alpha value is -3.66. The van der Waals surface area contributed by atoms with Crippen LogP contribution in [0.1, 0.15) is 39.2 Å². The van der Waals surface area contributed by atoms with Gasteiger partial charge in [0.1, 0.15) is 17.4 Å². The quantitative estimate of drug-likeness (QED) is 0.301. The fourth-order valence-electron chi connectivity index (χ4n) is 7.68. The SMILES string of the molecule is C=CCN(C(=O)[C@@H]1[C@H]2C(=O)N([C@@H](CO)C(C)C)C(C(=O)N(CC=C)c3c(C)cccc3Cl)C23CC[C@H]1O3)c1ccc(OCC)cc1. The van der Waals surface area contributed by atoms with Crippen LogP contribution in [0, 0.1) is 24.7 Å².